The third-order valence-corrected chi connectivity index (χ3v) is 19.1. The van der Waals surface area contributed by atoms with E-state index in [2.05, 4.69) is 79.9 Å². The minimum absolute atomic E-state index is 0.244. The van der Waals surface area contributed by atoms with Crippen LogP contribution >= 0.6 is 0 Å². The molecule has 0 aromatic heterocycles. The van der Waals surface area contributed by atoms with Crippen LogP contribution in [0.25, 0.3) is 0 Å². The second-order valence-electron chi connectivity index (χ2n) is 27.8. The van der Waals surface area contributed by atoms with Gasteiger partial charge in [-0.05, 0) is 70.6 Å². The van der Waals surface area contributed by atoms with E-state index in [1.54, 1.807) is 6.08 Å². The second kappa shape index (κ2) is 64.8. The zero-order valence-electron chi connectivity index (χ0n) is 60.7. The molecule has 2 aliphatic heterocycles. The van der Waals surface area contributed by atoms with Gasteiger partial charge in [0.05, 0.1) is 32.0 Å². The molecule has 554 valence electrons. The van der Waals surface area contributed by atoms with Gasteiger partial charge < -0.3 is 65.1 Å². The van der Waals surface area contributed by atoms with E-state index < -0.39 is 86.8 Å². The third kappa shape index (κ3) is 48.0. The van der Waals surface area contributed by atoms with E-state index in [9.17, 15) is 45.6 Å². The maximum Gasteiger partial charge on any atom is 0.220 e. The van der Waals surface area contributed by atoms with Crippen molar-refractivity contribution in [3.05, 3.63) is 72.9 Å². The summed E-state index contributed by atoms with van der Waals surface area (Å²) in [6, 6.07) is -0.934. The lowest BCUT2D eigenvalue weighted by Gasteiger charge is -2.46. The summed E-state index contributed by atoms with van der Waals surface area (Å²) in [7, 11) is 0. The van der Waals surface area contributed by atoms with Crippen molar-refractivity contribution in [2.24, 2.45) is 0 Å². The van der Waals surface area contributed by atoms with Crippen molar-refractivity contribution in [1.29, 1.82) is 0 Å². The number of aliphatic hydroxyl groups excluding tert-OH is 8. The van der Waals surface area contributed by atoms with Crippen LogP contribution in [0.2, 0.25) is 0 Å². The summed E-state index contributed by atoms with van der Waals surface area (Å²) in [6.07, 6.45) is 72.7. The van der Waals surface area contributed by atoms with Crippen molar-refractivity contribution in [2.75, 3.05) is 19.8 Å². The lowest BCUT2D eigenvalue weighted by atomic mass is 9.97. The predicted molar refractivity (Wildman–Crippen MR) is 392 cm³/mol. The molecule has 2 heterocycles. The van der Waals surface area contributed by atoms with Crippen molar-refractivity contribution < 1.29 is 64.6 Å². The monoisotopic (exact) mass is 1340 g/mol. The van der Waals surface area contributed by atoms with Crippen LogP contribution in [0.15, 0.2) is 72.9 Å². The van der Waals surface area contributed by atoms with E-state index in [-0.39, 0.29) is 18.9 Å². The molecule has 0 bridgehead atoms. The van der Waals surface area contributed by atoms with E-state index in [0.717, 1.165) is 57.8 Å². The smallest absolute Gasteiger partial charge is 0.220 e. The van der Waals surface area contributed by atoms with Gasteiger partial charge >= 0.3 is 0 Å². The molecule has 0 radical (unpaired) electrons. The molecule has 0 aliphatic carbocycles. The first-order valence-corrected chi connectivity index (χ1v) is 39.7. The number of ether oxygens (including phenoxy) is 4. The normalized spacial score (nSPS) is 22.7. The fourth-order valence-electron chi connectivity index (χ4n) is 12.9. The van der Waals surface area contributed by atoms with Crippen molar-refractivity contribution in [1.82, 2.24) is 5.32 Å². The van der Waals surface area contributed by atoms with E-state index in [1.165, 1.54) is 250 Å². The number of rotatable bonds is 66. The summed E-state index contributed by atoms with van der Waals surface area (Å²) in [5, 5.41) is 87.6. The highest BCUT2D eigenvalue weighted by Gasteiger charge is 2.51. The molecular weight excluding hydrogens is 1190 g/mol. The number of unbranched alkanes of at least 4 members (excludes halogenated alkanes) is 43. The Kier molecular flexibility index (Phi) is 60.4. The highest BCUT2D eigenvalue weighted by Crippen LogP contribution is 2.30. The van der Waals surface area contributed by atoms with E-state index in [1.807, 2.05) is 6.08 Å². The predicted octanol–water partition coefficient (Wildman–Crippen LogP) is 17.7. The lowest BCUT2D eigenvalue weighted by Crippen LogP contribution is -2.65. The molecule has 0 spiro atoms. The molecule has 2 saturated heterocycles. The van der Waals surface area contributed by atoms with Gasteiger partial charge in [0.1, 0.15) is 48.8 Å². The second-order valence-corrected chi connectivity index (χ2v) is 27.8. The van der Waals surface area contributed by atoms with E-state index >= 15 is 0 Å². The van der Waals surface area contributed by atoms with Gasteiger partial charge in [0.25, 0.3) is 0 Å². The number of nitrogens with one attached hydrogen (secondary N) is 1. The van der Waals surface area contributed by atoms with Crippen LogP contribution in [-0.2, 0) is 23.7 Å². The topological polar surface area (TPSA) is 228 Å². The summed E-state index contributed by atoms with van der Waals surface area (Å²) in [5.74, 6) is -0.244. The Hall–Kier alpha value is -2.57. The van der Waals surface area contributed by atoms with Gasteiger partial charge in [-0.15, -0.1) is 0 Å². The van der Waals surface area contributed by atoms with Crippen molar-refractivity contribution >= 4 is 5.91 Å². The zero-order valence-corrected chi connectivity index (χ0v) is 60.7. The van der Waals surface area contributed by atoms with Crippen molar-refractivity contribution in [2.45, 2.75) is 415 Å². The molecular formula is C81H147NO13. The average molecular weight is 1340 g/mol. The van der Waals surface area contributed by atoms with Crippen LogP contribution in [0.3, 0.4) is 0 Å². The first-order chi connectivity index (χ1) is 46.6. The van der Waals surface area contributed by atoms with Crippen LogP contribution in [0.5, 0.6) is 0 Å². The van der Waals surface area contributed by atoms with Crippen LogP contribution < -0.4 is 5.32 Å². The first kappa shape index (κ1) is 88.5. The Morgan fingerprint density at radius 2 is 0.737 bits per heavy atom. The number of carbonyl (C=O) groups excluding carboxylic acids is 1. The van der Waals surface area contributed by atoms with E-state index in [0.29, 0.717) is 12.8 Å². The molecule has 14 nitrogen and oxygen atoms in total. The van der Waals surface area contributed by atoms with Crippen LogP contribution in [0, 0.1) is 0 Å². The zero-order chi connectivity index (χ0) is 68.7. The molecule has 0 aromatic carbocycles. The third-order valence-electron chi connectivity index (χ3n) is 19.1. The Labute approximate surface area is 580 Å². The highest BCUT2D eigenvalue weighted by molar-refractivity contribution is 5.76. The Morgan fingerprint density at radius 1 is 0.389 bits per heavy atom. The van der Waals surface area contributed by atoms with Crippen molar-refractivity contribution in [3.8, 4) is 0 Å². The van der Waals surface area contributed by atoms with Gasteiger partial charge in [-0.25, -0.2) is 0 Å². The molecule has 0 aromatic rings. The number of hydrogen-bond acceptors (Lipinski definition) is 13. The SMILES string of the molecule is CC/C=C\C/C=C\C/C=C\C/C=C\CCCCCCCCCCCCCCCCCCCCCCCCC(=O)NC(COC1OC(CO)C(OC2OC(CO)C(O)C(O)C2O)C(O)C1O)C(O)/C=C/CC/C=C/CCCCCCCCCCCCCCCCCCCCCC. The summed E-state index contributed by atoms with van der Waals surface area (Å²) in [5.41, 5.74) is 0. The first-order valence-electron chi connectivity index (χ1n) is 39.7. The Bertz CT molecular complexity index is 1870. The van der Waals surface area contributed by atoms with Gasteiger partial charge in [-0.3, -0.25) is 4.79 Å². The van der Waals surface area contributed by atoms with Crippen LogP contribution in [0.4, 0.5) is 0 Å². The number of allylic oxidation sites excluding steroid dienone is 11. The summed E-state index contributed by atoms with van der Waals surface area (Å²) in [6.45, 7) is 2.72. The Morgan fingerprint density at radius 3 is 1.16 bits per heavy atom. The van der Waals surface area contributed by atoms with Crippen LogP contribution in [-0.4, -0.2) is 140 Å². The number of amides is 1. The molecule has 2 rings (SSSR count). The number of carbonyl (C=O) groups is 1. The van der Waals surface area contributed by atoms with Crippen molar-refractivity contribution in [3.63, 3.8) is 0 Å². The molecule has 9 N–H and O–H groups in total. The molecule has 1 amide bonds. The Balaban J connectivity index is 1.62. The van der Waals surface area contributed by atoms with Gasteiger partial charge in [0.15, 0.2) is 12.6 Å². The summed E-state index contributed by atoms with van der Waals surface area (Å²) >= 11 is 0. The fourth-order valence-corrected chi connectivity index (χ4v) is 12.9. The molecule has 12 atom stereocenters. The molecule has 14 heteroatoms. The maximum absolute atomic E-state index is 13.4. The number of aliphatic hydroxyl groups is 8. The number of hydrogen-bond donors (Lipinski definition) is 9. The summed E-state index contributed by atoms with van der Waals surface area (Å²) < 4.78 is 22.9. The fraction of sp³-hybridized carbons (Fsp3) is 0.840. The summed E-state index contributed by atoms with van der Waals surface area (Å²) in [4.78, 5) is 13.4. The van der Waals surface area contributed by atoms with Gasteiger partial charge in [-0.2, -0.15) is 0 Å². The van der Waals surface area contributed by atoms with Gasteiger partial charge in [0, 0.05) is 6.42 Å². The minimum atomic E-state index is -1.79. The highest BCUT2D eigenvalue weighted by atomic mass is 16.7. The molecule has 12 unspecified atom stereocenters. The lowest BCUT2D eigenvalue weighted by molar-refractivity contribution is -0.359. The standard InChI is InChI=1S/C81H147NO13/c1-3-5-7-9-11-13-15-17-19-21-23-25-27-29-31-32-33-34-35-36-37-38-39-41-43-45-47-49-51-53-55-57-59-61-63-65-73(86)82-69(68-92-80-78(91)76(89)79(72(67-84)94-80)95-81-77(90)75(88)74(87)71(66-83)93-81)70(85)64-62-60-58-56-54-52-50-48-46-44-42-40-30-28-26-24-22-20-18-16-14-12-10-8-6-4-2/h5,7,11,13,17,19,23,25,54,56,62,64,69-72,74-81,83-85,87-91H,3-4,6,8-10,12,14-16,18,20-22,24,26-53,55,57-61,63,65-68H2,1-2H3,(H,82,86)/b7-5-,13-11-,19-17-,25-23-,56-54+,64-62+. The average Bonchev–Trinajstić information content (AvgIpc) is 0.800. The molecule has 0 saturated carbocycles. The van der Waals surface area contributed by atoms with Gasteiger partial charge in [-0.1, -0.05) is 337 Å². The quantitative estimate of drug-likeness (QED) is 0.0204. The minimum Gasteiger partial charge on any atom is -0.394 e. The molecule has 2 aliphatic rings. The van der Waals surface area contributed by atoms with Gasteiger partial charge in [0.2, 0.25) is 5.91 Å². The maximum atomic E-state index is 13.4. The van der Waals surface area contributed by atoms with Crippen LogP contribution in [0.1, 0.15) is 341 Å². The van der Waals surface area contributed by atoms with E-state index in [4.69, 9.17) is 18.9 Å². The largest absolute Gasteiger partial charge is 0.394 e. The molecule has 2 fully saturated rings. The molecule has 95 heavy (non-hydrogen) atoms.